The van der Waals surface area contributed by atoms with Crippen molar-refractivity contribution in [2.24, 2.45) is 10.8 Å². The Kier molecular flexibility index (Phi) is 3.97. The molecule has 0 saturated heterocycles. The van der Waals surface area contributed by atoms with E-state index in [4.69, 9.17) is 10.5 Å². The molecule has 0 spiro atoms. The zero-order valence-corrected chi connectivity index (χ0v) is 8.25. The van der Waals surface area contributed by atoms with Crippen LogP contribution in [0.2, 0.25) is 0 Å². The van der Waals surface area contributed by atoms with E-state index in [1.165, 1.54) is 0 Å². The summed E-state index contributed by atoms with van der Waals surface area (Å²) >= 11 is 0. The predicted octanol–water partition coefficient (Wildman–Crippen LogP) is 1.11. The molecular formula is C9H15N3O2. The van der Waals surface area contributed by atoms with Crippen LogP contribution in [0.15, 0.2) is 16.9 Å². The summed E-state index contributed by atoms with van der Waals surface area (Å²) in [5.74, 6) is 0.920. The molecule has 14 heavy (non-hydrogen) atoms. The van der Waals surface area contributed by atoms with Gasteiger partial charge in [-0.2, -0.15) is 5.10 Å². The lowest BCUT2D eigenvalue weighted by Gasteiger charge is -2.14. The molecule has 1 aliphatic carbocycles. The van der Waals surface area contributed by atoms with Gasteiger partial charge in [-0.1, -0.05) is 0 Å². The van der Waals surface area contributed by atoms with E-state index >= 15 is 0 Å². The number of primary amides is 1. The van der Waals surface area contributed by atoms with Gasteiger partial charge in [-0.3, -0.25) is 0 Å². The number of hydrazone groups is 1. The number of rotatable bonds is 3. The largest absolute Gasteiger partial charge is 0.498 e. The van der Waals surface area contributed by atoms with Crippen molar-refractivity contribution in [2.75, 3.05) is 6.61 Å². The Balaban J connectivity index is 2.57. The highest BCUT2D eigenvalue weighted by atomic mass is 16.5. The number of hydrogen-bond acceptors (Lipinski definition) is 3. The minimum absolute atomic E-state index is 0.644. The SMILES string of the molecule is CCOC1=CC(=NNC(N)=O)CCC1. The fraction of sp³-hybridized carbons (Fsp3) is 0.556. The number of nitrogens with two attached hydrogens (primary N) is 1. The van der Waals surface area contributed by atoms with Gasteiger partial charge in [0.2, 0.25) is 0 Å². The lowest BCUT2D eigenvalue weighted by Crippen LogP contribution is -2.26. The third kappa shape index (κ3) is 3.47. The highest BCUT2D eigenvalue weighted by Crippen LogP contribution is 2.16. The number of allylic oxidation sites excluding steroid dienone is 2. The second kappa shape index (κ2) is 5.26. The predicted molar refractivity (Wildman–Crippen MR) is 53.7 cm³/mol. The van der Waals surface area contributed by atoms with Crippen molar-refractivity contribution in [3.8, 4) is 0 Å². The van der Waals surface area contributed by atoms with Crippen LogP contribution in [0.4, 0.5) is 4.79 Å². The third-order valence-corrected chi connectivity index (χ3v) is 1.82. The Morgan fingerprint density at radius 1 is 1.71 bits per heavy atom. The van der Waals surface area contributed by atoms with E-state index in [9.17, 15) is 4.79 Å². The van der Waals surface area contributed by atoms with Crippen LogP contribution in [-0.2, 0) is 4.74 Å². The van der Waals surface area contributed by atoms with Crippen LogP contribution in [0.3, 0.4) is 0 Å². The molecule has 0 heterocycles. The first-order valence-corrected chi connectivity index (χ1v) is 4.67. The molecule has 78 valence electrons. The van der Waals surface area contributed by atoms with Gasteiger partial charge in [0, 0.05) is 6.42 Å². The van der Waals surface area contributed by atoms with Crippen LogP contribution < -0.4 is 11.2 Å². The molecule has 0 atom stereocenters. The molecule has 0 radical (unpaired) electrons. The molecule has 5 nitrogen and oxygen atoms in total. The molecule has 0 saturated carbocycles. The Labute approximate surface area is 83.0 Å². The molecule has 0 unspecified atom stereocenters. The van der Waals surface area contributed by atoms with Gasteiger partial charge in [0.15, 0.2) is 0 Å². The van der Waals surface area contributed by atoms with E-state index in [0.717, 1.165) is 30.7 Å². The van der Waals surface area contributed by atoms with Crippen LogP contribution in [0.1, 0.15) is 26.2 Å². The lowest BCUT2D eigenvalue weighted by molar-refractivity contribution is 0.216. The topological polar surface area (TPSA) is 76.7 Å². The average Bonchev–Trinajstić information content (AvgIpc) is 2.16. The molecule has 0 bridgehead atoms. The van der Waals surface area contributed by atoms with Crippen LogP contribution >= 0.6 is 0 Å². The monoisotopic (exact) mass is 197 g/mol. The fourth-order valence-corrected chi connectivity index (χ4v) is 1.29. The first-order valence-electron chi connectivity index (χ1n) is 4.67. The number of amides is 2. The van der Waals surface area contributed by atoms with Gasteiger partial charge in [-0.15, -0.1) is 0 Å². The summed E-state index contributed by atoms with van der Waals surface area (Å²) < 4.78 is 5.36. The van der Waals surface area contributed by atoms with Crippen molar-refractivity contribution in [3.05, 3.63) is 11.8 Å². The number of ether oxygens (including phenoxy) is 1. The molecule has 0 aromatic heterocycles. The van der Waals surface area contributed by atoms with Crippen molar-refractivity contribution in [2.45, 2.75) is 26.2 Å². The van der Waals surface area contributed by atoms with Gasteiger partial charge in [0.1, 0.15) is 0 Å². The quantitative estimate of drug-likeness (QED) is 0.665. The average molecular weight is 197 g/mol. The van der Waals surface area contributed by atoms with Crippen molar-refractivity contribution in [1.29, 1.82) is 0 Å². The highest BCUT2D eigenvalue weighted by molar-refractivity contribution is 5.96. The summed E-state index contributed by atoms with van der Waals surface area (Å²) in [6, 6.07) is -0.644. The summed E-state index contributed by atoms with van der Waals surface area (Å²) in [6.45, 7) is 2.59. The van der Waals surface area contributed by atoms with Gasteiger partial charge in [-0.05, 0) is 25.8 Å². The van der Waals surface area contributed by atoms with Crippen molar-refractivity contribution in [1.82, 2.24) is 5.43 Å². The number of nitrogens with one attached hydrogen (secondary N) is 1. The van der Waals surface area contributed by atoms with Crippen molar-refractivity contribution < 1.29 is 9.53 Å². The van der Waals surface area contributed by atoms with E-state index in [1.807, 2.05) is 13.0 Å². The summed E-state index contributed by atoms with van der Waals surface area (Å²) in [5, 5.41) is 3.85. The molecular weight excluding hydrogens is 182 g/mol. The van der Waals surface area contributed by atoms with Crippen LogP contribution in [0.5, 0.6) is 0 Å². The molecule has 0 fully saturated rings. The molecule has 0 aliphatic heterocycles. The Morgan fingerprint density at radius 3 is 3.14 bits per heavy atom. The summed E-state index contributed by atoms with van der Waals surface area (Å²) in [7, 11) is 0. The highest BCUT2D eigenvalue weighted by Gasteiger charge is 2.09. The first-order chi connectivity index (χ1) is 6.72. The van der Waals surface area contributed by atoms with Gasteiger partial charge in [-0.25, -0.2) is 10.2 Å². The van der Waals surface area contributed by atoms with Crippen molar-refractivity contribution in [3.63, 3.8) is 0 Å². The van der Waals surface area contributed by atoms with Crippen molar-refractivity contribution >= 4 is 11.7 Å². The molecule has 3 N–H and O–H groups in total. The summed E-state index contributed by atoms with van der Waals surface area (Å²) in [5.41, 5.74) is 7.90. The zero-order valence-electron chi connectivity index (χ0n) is 8.25. The number of carbonyl (C=O) groups is 1. The van der Waals surface area contributed by atoms with E-state index in [1.54, 1.807) is 0 Å². The van der Waals surface area contributed by atoms with Crippen LogP contribution in [0.25, 0.3) is 0 Å². The van der Waals surface area contributed by atoms with Gasteiger partial charge in [0.05, 0.1) is 18.1 Å². The molecule has 2 amide bonds. The molecule has 0 aromatic rings. The number of carbonyl (C=O) groups excluding carboxylic acids is 1. The third-order valence-electron chi connectivity index (χ3n) is 1.82. The molecule has 5 heteroatoms. The maximum Gasteiger partial charge on any atom is 0.332 e. The number of urea groups is 1. The van der Waals surface area contributed by atoms with Gasteiger partial charge >= 0.3 is 6.03 Å². The van der Waals surface area contributed by atoms with E-state index in [2.05, 4.69) is 10.5 Å². The first kappa shape index (κ1) is 10.6. The van der Waals surface area contributed by atoms with Crippen LogP contribution in [0, 0.1) is 0 Å². The normalized spacial score (nSPS) is 18.9. The maximum absolute atomic E-state index is 10.4. The van der Waals surface area contributed by atoms with Gasteiger partial charge < -0.3 is 10.5 Å². The Morgan fingerprint density at radius 2 is 2.50 bits per heavy atom. The second-order valence-corrected chi connectivity index (χ2v) is 2.98. The van der Waals surface area contributed by atoms with Gasteiger partial charge in [0.25, 0.3) is 0 Å². The fourth-order valence-electron chi connectivity index (χ4n) is 1.29. The lowest BCUT2D eigenvalue weighted by atomic mass is 10.0. The zero-order chi connectivity index (χ0) is 10.4. The summed E-state index contributed by atoms with van der Waals surface area (Å²) in [4.78, 5) is 10.4. The Bertz CT molecular complexity index is 271. The second-order valence-electron chi connectivity index (χ2n) is 2.98. The smallest absolute Gasteiger partial charge is 0.332 e. The van der Waals surface area contributed by atoms with E-state index < -0.39 is 6.03 Å². The minimum Gasteiger partial charge on any atom is -0.498 e. The molecule has 1 rings (SSSR count). The Hall–Kier alpha value is -1.52. The molecule has 0 aromatic carbocycles. The maximum atomic E-state index is 10.4. The van der Waals surface area contributed by atoms with E-state index in [0.29, 0.717) is 6.61 Å². The van der Waals surface area contributed by atoms with E-state index in [-0.39, 0.29) is 0 Å². The summed E-state index contributed by atoms with van der Waals surface area (Å²) in [6.07, 6.45) is 4.62. The molecule has 1 aliphatic rings. The standard InChI is InChI=1S/C9H15N3O2/c1-2-14-8-5-3-4-7(6-8)11-12-9(10)13/h6H,2-5H2,1H3,(H3,10,12,13). The number of hydrogen-bond donors (Lipinski definition) is 2. The minimum atomic E-state index is -0.644. The number of nitrogens with zero attached hydrogens (tertiary/aromatic N) is 1. The van der Waals surface area contributed by atoms with Crippen LogP contribution in [-0.4, -0.2) is 18.3 Å².